The molecule has 0 bridgehead atoms. The van der Waals surface area contributed by atoms with Crippen LogP contribution in [0.3, 0.4) is 0 Å². The van der Waals surface area contributed by atoms with Crippen LogP contribution in [0.2, 0.25) is 0 Å². The van der Waals surface area contributed by atoms with E-state index < -0.39 is 10.0 Å². The highest BCUT2D eigenvalue weighted by molar-refractivity contribution is 7.89. The summed E-state index contributed by atoms with van der Waals surface area (Å²) in [4.78, 5) is 0.352. The second-order valence-electron chi connectivity index (χ2n) is 4.93. The Kier molecular flexibility index (Phi) is 3.77. The van der Waals surface area contributed by atoms with Crippen molar-refractivity contribution in [3.8, 4) is 0 Å². The minimum Gasteiger partial charge on any atom is -0.274 e. The van der Waals surface area contributed by atoms with Crippen molar-refractivity contribution in [3.05, 3.63) is 11.9 Å². The van der Waals surface area contributed by atoms with Crippen LogP contribution < -0.4 is 0 Å². The summed E-state index contributed by atoms with van der Waals surface area (Å²) < 4.78 is 28.6. The highest BCUT2D eigenvalue weighted by atomic mass is 32.2. The molecule has 1 atom stereocenters. The fourth-order valence-corrected chi connectivity index (χ4v) is 4.62. The first-order chi connectivity index (χ1) is 8.46. The maximum absolute atomic E-state index is 12.7. The SMILES string of the molecule is CCC1CCCCN1S(=O)(=O)c1cn(C)nc1C. The molecule has 0 saturated carbocycles. The van der Waals surface area contributed by atoms with Gasteiger partial charge in [0.05, 0.1) is 5.69 Å². The van der Waals surface area contributed by atoms with Crippen LogP contribution in [0.1, 0.15) is 38.3 Å². The molecular formula is C12H21N3O2S. The Morgan fingerprint density at radius 2 is 2.17 bits per heavy atom. The second-order valence-corrected chi connectivity index (χ2v) is 6.79. The topological polar surface area (TPSA) is 55.2 Å². The highest BCUT2D eigenvalue weighted by Gasteiger charge is 2.34. The van der Waals surface area contributed by atoms with Gasteiger partial charge in [0.15, 0.2) is 0 Å². The van der Waals surface area contributed by atoms with E-state index in [1.165, 1.54) is 0 Å². The van der Waals surface area contributed by atoms with Gasteiger partial charge in [-0.15, -0.1) is 0 Å². The number of aryl methyl sites for hydroxylation is 2. The summed E-state index contributed by atoms with van der Waals surface area (Å²) in [6.45, 7) is 4.43. The number of hydrogen-bond donors (Lipinski definition) is 0. The van der Waals surface area contributed by atoms with E-state index in [1.807, 2.05) is 0 Å². The van der Waals surface area contributed by atoms with Crippen molar-refractivity contribution in [2.24, 2.45) is 7.05 Å². The molecule has 18 heavy (non-hydrogen) atoms. The highest BCUT2D eigenvalue weighted by Crippen LogP contribution is 2.27. The number of aromatic nitrogens is 2. The first-order valence-corrected chi connectivity index (χ1v) is 7.93. The van der Waals surface area contributed by atoms with Gasteiger partial charge in [-0.2, -0.15) is 9.40 Å². The lowest BCUT2D eigenvalue weighted by molar-refractivity contribution is 0.246. The first kappa shape index (κ1) is 13.5. The third-order valence-electron chi connectivity index (χ3n) is 3.60. The normalized spacial score (nSPS) is 22.3. The minimum absolute atomic E-state index is 0.142. The van der Waals surface area contributed by atoms with Crippen LogP contribution in [0.4, 0.5) is 0 Å². The molecule has 0 radical (unpaired) electrons. The minimum atomic E-state index is -3.38. The van der Waals surface area contributed by atoms with Crippen molar-refractivity contribution in [2.75, 3.05) is 6.54 Å². The zero-order valence-corrected chi connectivity index (χ0v) is 12.1. The fourth-order valence-electron chi connectivity index (χ4n) is 2.66. The average molecular weight is 271 g/mol. The molecule has 102 valence electrons. The number of nitrogens with zero attached hydrogens (tertiary/aromatic N) is 3. The zero-order chi connectivity index (χ0) is 13.3. The van der Waals surface area contributed by atoms with Crippen LogP contribution in [-0.2, 0) is 17.1 Å². The largest absolute Gasteiger partial charge is 0.274 e. The molecular weight excluding hydrogens is 250 g/mol. The molecule has 1 aliphatic heterocycles. The fraction of sp³-hybridized carbons (Fsp3) is 0.750. The third-order valence-corrected chi connectivity index (χ3v) is 5.65. The Bertz CT molecular complexity index is 521. The van der Waals surface area contributed by atoms with Crippen molar-refractivity contribution in [1.82, 2.24) is 14.1 Å². The third kappa shape index (κ3) is 2.31. The molecule has 1 fully saturated rings. The van der Waals surface area contributed by atoms with Gasteiger partial charge in [0.1, 0.15) is 4.90 Å². The molecule has 0 aromatic carbocycles. The molecule has 2 rings (SSSR count). The van der Waals surface area contributed by atoms with Crippen molar-refractivity contribution in [1.29, 1.82) is 0 Å². The summed E-state index contributed by atoms with van der Waals surface area (Å²) in [7, 11) is -1.63. The van der Waals surface area contributed by atoms with Gasteiger partial charge in [0, 0.05) is 25.8 Å². The van der Waals surface area contributed by atoms with Gasteiger partial charge in [-0.05, 0) is 26.2 Å². The molecule has 0 spiro atoms. The Hall–Kier alpha value is -0.880. The molecule has 1 aliphatic rings. The molecule has 1 saturated heterocycles. The molecule has 0 aliphatic carbocycles. The van der Waals surface area contributed by atoms with E-state index in [0.717, 1.165) is 25.7 Å². The Morgan fingerprint density at radius 1 is 1.44 bits per heavy atom. The van der Waals surface area contributed by atoms with Crippen LogP contribution >= 0.6 is 0 Å². The standard InChI is InChI=1S/C12H21N3O2S/c1-4-11-7-5-6-8-15(11)18(16,17)12-9-14(3)13-10(12)2/h9,11H,4-8H2,1-3H3. The van der Waals surface area contributed by atoms with Crippen LogP contribution in [0, 0.1) is 6.92 Å². The van der Waals surface area contributed by atoms with Gasteiger partial charge in [-0.25, -0.2) is 8.42 Å². The average Bonchev–Trinajstić information content (AvgIpc) is 2.69. The lowest BCUT2D eigenvalue weighted by Gasteiger charge is -2.33. The molecule has 0 amide bonds. The summed E-state index contributed by atoms with van der Waals surface area (Å²) >= 11 is 0. The lowest BCUT2D eigenvalue weighted by atomic mass is 10.0. The summed E-state index contributed by atoms with van der Waals surface area (Å²) in [6.07, 6.45) is 5.52. The van der Waals surface area contributed by atoms with Gasteiger partial charge in [-0.3, -0.25) is 4.68 Å². The smallest absolute Gasteiger partial charge is 0.246 e. The van der Waals surface area contributed by atoms with Gasteiger partial charge >= 0.3 is 0 Å². The number of hydrogen-bond acceptors (Lipinski definition) is 3. The molecule has 2 heterocycles. The van der Waals surface area contributed by atoms with E-state index in [-0.39, 0.29) is 6.04 Å². The predicted molar refractivity (Wildman–Crippen MR) is 69.8 cm³/mol. The molecule has 1 aromatic rings. The van der Waals surface area contributed by atoms with Crippen molar-refractivity contribution in [2.45, 2.75) is 50.5 Å². The van der Waals surface area contributed by atoms with Crippen LogP contribution in [0.25, 0.3) is 0 Å². The van der Waals surface area contributed by atoms with E-state index in [0.29, 0.717) is 17.1 Å². The quantitative estimate of drug-likeness (QED) is 0.840. The van der Waals surface area contributed by atoms with E-state index in [1.54, 1.807) is 29.2 Å². The van der Waals surface area contributed by atoms with E-state index in [2.05, 4.69) is 12.0 Å². The molecule has 5 nitrogen and oxygen atoms in total. The molecule has 1 aromatic heterocycles. The van der Waals surface area contributed by atoms with Crippen molar-refractivity contribution in [3.63, 3.8) is 0 Å². The molecule has 6 heteroatoms. The zero-order valence-electron chi connectivity index (χ0n) is 11.3. The monoisotopic (exact) mass is 271 g/mol. The van der Waals surface area contributed by atoms with E-state index >= 15 is 0 Å². The summed E-state index contributed by atoms with van der Waals surface area (Å²) in [5, 5.41) is 4.13. The van der Waals surface area contributed by atoms with E-state index in [4.69, 9.17) is 0 Å². The summed E-state index contributed by atoms with van der Waals surface area (Å²) in [6, 6.07) is 0.142. The molecule has 0 N–H and O–H groups in total. The molecule has 1 unspecified atom stereocenters. The van der Waals surface area contributed by atoms with Gasteiger partial charge in [0.25, 0.3) is 0 Å². The Morgan fingerprint density at radius 3 is 2.72 bits per heavy atom. The summed E-state index contributed by atoms with van der Waals surface area (Å²) in [5.41, 5.74) is 0.581. The van der Waals surface area contributed by atoms with Crippen LogP contribution in [-0.4, -0.2) is 35.1 Å². The van der Waals surface area contributed by atoms with E-state index in [9.17, 15) is 8.42 Å². The Labute approximate surface area is 109 Å². The van der Waals surface area contributed by atoms with Crippen molar-refractivity contribution < 1.29 is 8.42 Å². The lowest BCUT2D eigenvalue weighted by Crippen LogP contribution is -2.43. The van der Waals surface area contributed by atoms with Crippen LogP contribution in [0.15, 0.2) is 11.1 Å². The number of sulfonamides is 1. The number of piperidine rings is 1. The van der Waals surface area contributed by atoms with Gasteiger partial charge in [-0.1, -0.05) is 13.3 Å². The Balaban J connectivity index is 2.38. The predicted octanol–water partition coefficient (Wildman–Crippen LogP) is 1.68. The van der Waals surface area contributed by atoms with Gasteiger partial charge in [0.2, 0.25) is 10.0 Å². The number of rotatable bonds is 3. The first-order valence-electron chi connectivity index (χ1n) is 6.49. The second kappa shape index (κ2) is 5.01. The van der Waals surface area contributed by atoms with Gasteiger partial charge < -0.3 is 0 Å². The maximum atomic E-state index is 12.7. The van der Waals surface area contributed by atoms with Crippen LogP contribution in [0.5, 0.6) is 0 Å². The maximum Gasteiger partial charge on any atom is 0.246 e. The van der Waals surface area contributed by atoms with Crippen molar-refractivity contribution >= 4 is 10.0 Å². The summed E-state index contributed by atoms with van der Waals surface area (Å²) in [5.74, 6) is 0.